The van der Waals surface area contributed by atoms with E-state index < -0.39 is 12.1 Å². The Morgan fingerprint density at radius 1 is 0.923 bits per heavy atom. The van der Waals surface area contributed by atoms with Crippen molar-refractivity contribution in [3.63, 3.8) is 0 Å². The van der Waals surface area contributed by atoms with Crippen LogP contribution in [-0.4, -0.2) is 44.1 Å². The molecule has 0 aliphatic rings. The predicted octanol–water partition coefficient (Wildman–Crippen LogP) is 2.84. The number of rotatable bonds is 8. The van der Waals surface area contributed by atoms with Crippen LogP contribution in [0.2, 0.25) is 0 Å². The van der Waals surface area contributed by atoms with Crippen LogP contribution in [0.25, 0.3) is 0 Å². The van der Waals surface area contributed by atoms with E-state index in [0.717, 1.165) is 5.75 Å². The first-order valence-corrected chi connectivity index (χ1v) is 8.32. The summed E-state index contributed by atoms with van der Waals surface area (Å²) in [6.07, 6.45) is -0.998. The maximum Gasteiger partial charge on any atom is 0.345 e. The molecule has 0 bridgehead atoms. The van der Waals surface area contributed by atoms with Crippen LogP contribution in [0.4, 0.5) is 0 Å². The molecule has 0 aliphatic carbocycles. The first-order chi connectivity index (χ1) is 12.5. The Labute approximate surface area is 153 Å². The van der Waals surface area contributed by atoms with Crippen molar-refractivity contribution in [1.82, 2.24) is 4.90 Å². The molecule has 0 heterocycles. The Balaban J connectivity index is 1.97. The fourth-order valence-electron chi connectivity index (χ4n) is 2.23. The Morgan fingerprint density at radius 2 is 1.50 bits per heavy atom. The van der Waals surface area contributed by atoms with Crippen LogP contribution in [0, 0.1) is 0 Å². The van der Waals surface area contributed by atoms with E-state index in [1.807, 2.05) is 13.0 Å². The topological polar surface area (TPSA) is 65.1 Å². The van der Waals surface area contributed by atoms with Gasteiger partial charge in [0.15, 0.2) is 6.61 Å². The average molecular weight is 357 g/mol. The van der Waals surface area contributed by atoms with E-state index in [1.165, 1.54) is 4.90 Å². The van der Waals surface area contributed by atoms with E-state index in [0.29, 0.717) is 17.9 Å². The van der Waals surface area contributed by atoms with Gasteiger partial charge in [0.1, 0.15) is 11.5 Å². The van der Waals surface area contributed by atoms with Crippen LogP contribution in [0.15, 0.2) is 54.6 Å². The standard InChI is InChI=1S/C20H23NO5/c1-4-24-16-10-12-17(13-11-16)25-14-18(22)26-19(20(23)21(2)3)15-8-6-5-7-9-15/h5-13,19H,4,14H2,1-3H3/t19-/m0/s1. The number of benzene rings is 2. The van der Waals surface area contributed by atoms with Crippen molar-refractivity contribution >= 4 is 11.9 Å². The van der Waals surface area contributed by atoms with Gasteiger partial charge in [-0.3, -0.25) is 4.79 Å². The second-order valence-corrected chi connectivity index (χ2v) is 5.71. The van der Waals surface area contributed by atoms with Gasteiger partial charge >= 0.3 is 5.97 Å². The number of carbonyl (C=O) groups is 2. The van der Waals surface area contributed by atoms with Gasteiger partial charge in [-0.15, -0.1) is 0 Å². The fourth-order valence-corrected chi connectivity index (χ4v) is 2.23. The molecule has 0 saturated carbocycles. The van der Waals surface area contributed by atoms with Gasteiger partial charge in [0, 0.05) is 19.7 Å². The number of hydrogen-bond acceptors (Lipinski definition) is 5. The first-order valence-electron chi connectivity index (χ1n) is 8.32. The summed E-state index contributed by atoms with van der Waals surface area (Å²) in [7, 11) is 3.23. The summed E-state index contributed by atoms with van der Waals surface area (Å²) in [6, 6.07) is 15.8. The molecule has 0 aliphatic heterocycles. The van der Waals surface area contributed by atoms with Crippen LogP contribution < -0.4 is 9.47 Å². The van der Waals surface area contributed by atoms with Crippen LogP contribution in [0.3, 0.4) is 0 Å². The van der Waals surface area contributed by atoms with Crippen molar-refractivity contribution in [3.05, 3.63) is 60.2 Å². The highest BCUT2D eigenvalue weighted by atomic mass is 16.6. The lowest BCUT2D eigenvalue weighted by molar-refractivity contribution is -0.161. The zero-order valence-corrected chi connectivity index (χ0v) is 15.2. The molecule has 0 fully saturated rings. The molecule has 138 valence electrons. The molecule has 26 heavy (non-hydrogen) atoms. The Hall–Kier alpha value is -3.02. The van der Waals surface area contributed by atoms with Crippen molar-refractivity contribution in [1.29, 1.82) is 0 Å². The van der Waals surface area contributed by atoms with Gasteiger partial charge in [-0.2, -0.15) is 0 Å². The van der Waals surface area contributed by atoms with Crippen molar-refractivity contribution in [3.8, 4) is 11.5 Å². The van der Waals surface area contributed by atoms with Gasteiger partial charge in [0.2, 0.25) is 6.10 Å². The van der Waals surface area contributed by atoms with Crippen LogP contribution in [-0.2, 0) is 14.3 Å². The molecule has 2 rings (SSSR count). The molecule has 0 spiro atoms. The first kappa shape index (κ1) is 19.3. The SMILES string of the molecule is CCOc1ccc(OCC(=O)O[C@H](C(=O)N(C)C)c2ccccc2)cc1. The highest BCUT2D eigenvalue weighted by Crippen LogP contribution is 2.21. The van der Waals surface area contributed by atoms with E-state index in [1.54, 1.807) is 62.6 Å². The summed E-state index contributed by atoms with van der Waals surface area (Å²) in [5, 5.41) is 0. The number of amides is 1. The third-order valence-corrected chi connectivity index (χ3v) is 3.51. The van der Waals surface area contributed by atoms with E-state index in [9.17, 15) is 9.59 Å². The molecule has 6 nitrogen and oxygen atoms in total. The zero-order chi connectivity index (χ0) is 18.9. The molecular formula is C20H23NO5. The molecule has 1 amide bonds. The molecule has 0 saturated heterocycles. The Morgan fingerprint density at radius 3 is 2.04 bits per heavy atom. The highest BCUT2D eigenvalue weighted by molar-refractivity contribution is 5.85. The lowest BCUT2D eigenvalue weighted by atomic mass is 10.1. The maximum absolute atomic E-state index is 12.3. The average Bonchev–Trinajstić information content (AvgIpc) is 2.66. The molecule has 0 radical (unpaired) electrons. The summed E-state index contributed by atoms with van der Waals surface area (Å²) < 4.78 is 16.1. The highest BCUT2D eigenvalue weighted by Gasteiger charge is 2.26. The second-order valence-electron chi connectivity index (χ2n) is 5.71. The van der Waals surface area contributed by atoms with E-state index in [-0.39, 0.29) is 12.5 Å². The Bertz CT molecular complexity index is 713. The molecule has 2 aromatic carbocycles. The van der Waals surface area contributed by atoms with Gasteiger partial charge in [-0.05, 0) is 31.2 Å². The number of likely N-dealkylation sites (N-methyl/N-ethyl adjacent to an activating group) is 1. The van der Waals surface area contributed by atoms with Gasteiger partial charge in [-0.25, -0.2) is 4.79 Å². The summed E-state index contributed by atoms with van der Waals surface area (Å²) >= 11 is 0. The lowest BCUT2D eigenvalue weighted by Crippen LogP contribution is -2.32. The van der Waals surface area contributed by atoms with Crippen molar-refractivity contribution in [2.75, 3.05) is 27.3 Å². The minimum atomic E-state index is -0.998. The number of hydrogen-bond donors (Lipinski definition) is 0. The molecule has 1 atom stereocenters. The van der Waals surface area contributed by atoms with Gasteiger partial charge in [0.25, 0.3) is 5.91 Å². The summed E-state index contributed by atoms with van der Waals surface area (Å²) in [5.41, 5.74) is 0.612. The molecule has 0 N–H and O–H groups in total. The fraction of sp³-hybridized carbons (Fsp3) is 0.300. The molecule has 2 aromatic rings. The smallest absolute Gasteiger partial charge is 0.345 e. The second kappa shape index (κ2) is 9.46. The Kier molecular flexibility index (Phi) is 7.02. The number of carbonyl (C=O) groups excluding carboxylic acids is 2. The molecule has 0 aromatic heterocycles. The van der Waals surface area contributed by atoms with E-state index in [2.05, 4.69) is 0 Å². The summed E-state index contributed by atoms with van der Waals surface area (Å²) in [6.45, 7) is 2.18. The van der Waals surface area contributed by atoms with Crippen molar-refractivity contribution in [2.24, 2.45) is 0 Å². The summed E-state index contributed by atoms with van der Waals surface area (Å²) in [4.78, 5) is 25.9. The normalized spacial score (nSPS) is 11.3. The lowest BCUT2D eigenvalue weighted by Gasteiger charge is -2.21. The quantitative estimate of drug-likeness (QED) is 0.680. The molecule has 6 heteroatoms. The van der Waals surface area contributed by atoms with Gasteiger partial charge < -0.3 is 19.1 Å². The molecular weight excluding hydrogens is 334 g/mol. The van der Waals surface area contributed by atoms with Crippen molar-refractivity contribution in [2.45, 2.75) is 13.0 Å². The van der Waals surface area contributed by atoms with Crippen LogP contribution in [0.5, 0.6) is 11.5 Å². The third-order valence-electron chi connectivity index (χ3n) is 3.51. The number of nitrogens with zero attached hydrogens (tertiary/aromatic N) is 1. The van der Waals surface area contributed by atoms with Gasteiger partial charge in [-0.1, -0.05) is 30.3 Å². The maximum atomic E-state index is 12.3. The zero-order valence-electron chi connectivity index (χ0n) is 15.2. The van der Waals surface area contributed by atoms with E-state index >= 15 is 0 Å². The van der Waals surface area contributed by atoms with Gasteiger partial charge in [0.05, 0.1) is 6.61 Å². The number of esters is 1. The molecule has 0 unspecified atom stereocenters. The van der Waals surface area contributed by atoms with E-state index in [4.69, 9.17) is 14.2 Å². The number of ether oxygens (including phenoxy) is 3. The monoisotopic (exact) mass is 357 g/mol. The van der Waals surface area contributed by atoms with Crippen LogP contribution in [0.1, 0.15) is 18.6 Å². The predicted molar refractivity (Wildman–Crippen MR) is 97.1 cm³/mol. The minimum absolute atomic E-state index is 0.294. The van der Waals surface area contributed by atoms with Crippen LogP contribution >= 0.6 is 0 Å². The summed E-state index contributed by atoms with van der Waals surface area (Å²) in [5.74, 6) is 0.303. The third kappa shape index (κ3) is 5.51. The largest absolute Gasteiger partial charge is 0.494 e. The minimum Gasteiger partial charge on any atom is -0.494 e. The van der Waals surface area contributed by atoms with Crippen molar-refractivity contribution < 1.29 is 23.8 Å².